The van der Waals surface area contributed by atoms with Gasteiger partial charge in [0.15, 0.2) is 0 Å². The molecule has 5 nitrogen and oxygen atoms in total. The molecule has 1 heterocycles. The van der Waals surface area contributed by atoms with Crippen molar-refractivity contribution < 1.29 is 22.7 Å². The Hall–Kier alpha value is -2.64. The summed E-state index contributed by atoms with van der Waals surface area (Å²) in [6.45, 7) is 3.46. The van der Waals surface area contributed by atoms with Gasteiger partial charge in [0.25, 0.3) is 5.91 Å². The summed E-state index contributed by atoms with van der Waals surface area (Å²) in [4.78, 5) is 20.0. The predicted octanol–water partition coefficient (Wildman–Crippen LogP) is 3.24. The summed E-state index contributed by atoms with van der Waals surface area (Å²) in [5, 5.41) is 2.55. The first-order chi connectivity index (χ1) is 10.3. The zero-order valence-corrected chi connectivity index (χ0v) is 11.7. The summed E-state index contributed by atoms with van der Waals surface area (Å²) in [6.07, 6.45) is -3.47. The average molecular weight is 311 g/mol. The molecule has 0 saturated carbocycles. The van der Waals surface area contributed by atoms with Crippen molar-refractivity contribution in [2.75, 3.05) is 5.32 Å². The number of ether oxygens (including phenoxy) is 1. The fourth-order valence-corrected chi connectivity index (χ4v) is 1.70. The van der Waals surface area contributed by atoms with E-state index in [-0.39, 0.29) is 11.4 Å². The van der Waals surface area contributed by atoms with Gasteiger partial charge in [-0.2, -0.15) is 0 Å². The van der Waals surface area contributed by atoms with Crippen LogP contribution in [0, 0.1) is 13.8 Å². The van der Waals surface area contributed by atoms with Crippen LogP contribution < -0.4 is 10.1 Å². The normalized spacial score (nSPS) is 11.1. The lowest BCUT2D eigenvalue weighted by atomic mass is 10.2. The molecule has 0 fully saturated rings. The summed E-state index contributed by atoms with van der Waals surface area (Å²) in [7, 11) is 0. The van der Waals surface area contributed by atoms with E-state index in [0.29, 0.717) is 16.9 Å². The van der Waals surface area contributed by atoms with Crippen molar-refractivity contribution in [3.05, 3.63) is 47.5 Å². The molecule has 0 aliphatic rings. The third-order valence-corrected chi connectivity index (χ3v) is 2.90. The summed E-state index contributed by atoms with van der Waals surface area (Å²) >= 11 is 0. The van der Waals surface area contributed by atoms with Crippen molar-refractivity contribution >= 4 is 11.6 Å². The quantitative estimate of drug-likeness (QED) is 0.945. The summed E-state index contributed by atoms with van der Waals surface area (Å²) in [5.41, 5.74) is 1.85. The van der Waals surface area contributed by atoms with Crippen molar-refractivity contribution in [1.29, 1.82) is 0 Å². The van der Waals surface area contributed by atoms with Crippen molar-refractivity contribution in [1.82, 2.24) is 9.97 Å². The maximum Gasteiger partial charge on any atom is 0.573 e. The smallest absolute Gasteiger partial charge is 0.406 e. The van der Waals surface area contributed by atoms with E-state index in [1.165, 1.54) is 18.5 Å². The Labute approximate surface area is 124 Å². The molecule has 1 N–H and O–H groups in total. The van der Waals surface area contributed by atoms with Crippen LogP contribution in [0.15, 0.2) is 30.6 Å². The second kappa shape index (κ2) is 6.00. The Kier molecular flexibility index (Phi) is 4.30. The third kappa shape index (κ3) is 3.94. The van der Waals surface area contributed by atoms with Crippen molar-refractivity contribution in [3.8, 4) is 5.75 Å². The predicted molar refractivity (Wildman–Crippen MR) is 72.6 cm³/mol. The van der Waals surface area contributed by atoms with Gasteiger partial charge in [0.2, 0.25) is 0 Å². The standard InChI is InChI=1S/C14H12F3N3O2/c1-8-9(2)18-7-19-12(8)13(21)20-10-3-5-11(6-4-10)22-14(15,16)17/h3-7H,1-2H3,(H,20,21). The monoisotopic (exact) mass is 311 g/mol. The van der Waals surface area contributed by atoms with Gasteiger partial charge in [-0.05, 0) is 38.1 Å². The summed E-state index contributed by atoms with van der Waals surface area (Å²) < 4.78 is 39.9. The molecule has 2 rings (SSSR count). The van der Waals surface area contributed by atoms with Gasteiger partial charge in [0.1, 0.15) is 17.8 Å². The van der Waals surface area contributed by atoms with Crippen LogP contribution in [0.1, 0.15) is 21.7 Å². The third-order valence-electron chi connectivity index (χ3n) is 2.90. The zero-order valence-electron chi connectivity index (χ0n) is 11.7. The van der Waals surface area contributed by atoms with E-state index in [9.17, 15) is 18.0 Å². The number of carbonyl (C=O) groups excluding carboxylic acids is 1. The zero-order chi connectivity index (χ0) is 16.3. The highest BCUT2D eigenvalue weighted by molar-refractivity contribution is 6.03. The van der Waals surface area contributed by atoms with E-state index in [1.54, 1.807) is 13.8 Å². The number of halogens is 3. The van der Waals surface area contributed by atoms with Crippen LogP contribution in [-0.4, -0.2) is 22.2 Å². The number of benzene rings is 1. The lowest BCUT2D eigenvalue weighted by Gasteiger charge is -2.10. The largest absolute Gasteiger partial charge is 0.573 e. The first-order valence-electron chi connectivity index (χ1n) is 6.21. The van der Waals surface area contributed by atoms with Gasteiger partial charge in [-0.25, -0.2) is 9.97 Å². The number of carbonyl (C=O) groups is 1. The second-order valence-electron chi connectivity index (χ2n) is 4.46. The van der Waals surface area contributed by atoms with E-state index in [1.807, 2.05) is 0 Å². The Morgan fingerprint density at radius 2 is 1.77 bits per heavy atom. The number of nitrogens with zero attached hydrogens (tertiary/aromatic N) is 2. The maximum atomic E-state index is 12.1. The van der Waals surface area contributed by atoms with Crippen molar-refractivity contribution in [3.63, 3.8) is 0 Å². The van der Waals surface area contributed by atoms with Gasteiger partial charge in [0, 0.05) is 16.9 Å². The number of alkyl halides is 3. The summed E-state index contributed by atoms with van der Waals surface area (Å²) in [6, 6.07) is 4.84. The molecule has 8 heteroatoms. The van der Waals surface area contributed by atoms with Crippen LogP contribution in [0.25, 0.3) is 0 Å². The van der Waals surface area contributed by atoms with E-state index < -0.39 is 12.3 Å². The van der Waals surface area contributed by atoms with E-state index in [0.717, 1.165) is 12.1 Å². The molecule has 0 atom stereocenters. The number of hydrogen-bond donors (Lipinski definition) is 1. The molecular formula is C14H12F3N3O2. The van der Waals surface area contributed by atoms with Gasteiger partial charge in [-0.1, -0.05) is 0 Å². The van der Waals surface area contributed by atoms with Crippen LogP contribution in [0.2, 0.25) is 0 Å². The van der Waals surface area contributed by atoms with Crippen LogP contribution >= 0.6 is 0 Å². The minimum Gasteiger partial charge on any atom is -0.406 e. The first-order valence-corrected chi connectivity index (χ1v) is 6.21. The second-order valence-corrected chi connectivity index (χ2v) is 4.46. The molecule has 1 amide bonds. The molecule has 0 radical (unpaired) electrons. The van der Waals surface area contributed by atoms with Crippen LogP contribution in [0.4, 0.5) is 18.9 Å². The van der Waals surface area contributed by atoms with E-state index >= 15 is 0 Å². The number of aryl methyl sites for hydroxylation is 1. The Morgan fingerprint density at radius 1 is 1.14 bits per heavy atom. The Morgan fingerprint density at radius 3 is 2.36 bits per heavy atom. The van der Waals surface area contributed by atoms with Gasteiger partial charge in [-0.3, -0.25) is 4.79 Å². The number of aromatic nitrogens is 2. The van der Waals surface area contributed by atoms with Gasteiger partial charge < -0.3 is 10.1 Å². The minimum absolute atomic E-state index is 0.211. The molecule has 1 aromatic heterocycles. The topological polar surface area (TPSA) is 64.1 Å². The molecule has 0 saturated heterocycles. The molecule has 116 valence electrons. The minimum atomic E-state index is -4.75. The van der Waals surface area contributed by atoms with Gasteiger partial charge in [-0.15, -0.1) is 13.2 Å². The molecule has 22 heavy (non-hydrogen) atoms. The Bertz CT molecular complexity index is 685. The number of amides is 1. The van der Waals surface area contributed by atoms with E-state index in [4.69, 9.17) is 0 Å². The molecule has 0 aliphatic heterocycles. The molecule has 0 unspecified atom stereocenters. The lowest BCUT2D eigenvalue weighted by Crippen LogP contribution is -2.18. The SMILES string of the molecule is Cc1ncnc(C(=O)Nc2ccc(OC(F)(F)F)cc2)c1C. The molecule has 0 bridgehead atoms. The average Bonchev–Trinajstić information content (AvgIpc) is 2.42. The highest BCUT2D eigenvalue weighted by Gasteiger charge is 2.30. The molecular weight excluding hydrogens is 299 g/mol. The number of hydrogen-bond acceptors (Lipinski definition) is 4. The first kappa shape index (κ1) is 15.7. The maximum absolute atomic E-state index is 12.1. The van der Waals surface area contributed by atoms with E-state index in [2.05, 4.69) is 20.0 Å². The van der Waals surface area contributed by atoms with Gasteiger partial charge >= 0.3 is 6.36 Å². The fourth-order valence-electron chi connectivity index (χ4n) is 1.70. The summed E-state index contributed by atoms with van der Waals surface area (Å²) in [5.74, 6) is -0.827. The number of rotatable bonds is 3. The molecule has 1 aromatic carbocycles. The highest BCUT2D eigenvalue weighted by Crippen LogP contribution is 2.24. The van der Waals surface area contributed by atoms with Crippen molar-refractivity contribution in [2.24, 2.45) is 0 Å². The van der Waals surface area contributed by atoms with Crippen LogP contribution in [0.5, 0.6) is 5.75 Å². The number of anilines is 1. The van der Waals surface area contributed by atoms with Crippen LogP contribution in [-0.2, 0) is 0 Å². The van der Waals surface area contributed by atoms with Gasteiger partial charge in [0.05, 0.1) is 0 Å². The van der Waals surface area contributed by atoms with Crippen molar-refractivity contribution in [2.45, 2.75) is 20.2 Å². The fraction of sp³-hybridized carbons (Fsp3) is 0.214. The van der Waals surface area contributed by atoms with Crippen LogP contribution in [0.3, 0.4) is 0 Å². The Balaban J connectivity index is 2.11. The lowest BCUT2D eigenvalue weighted by molar-refractivity contribution is -0.274. The number of nitrogens with one attached hydrogen (secondary N) is 1. The highest BCUT2D eigenvalue weighted by atomic mass is 19.4. The molecule has 0 spiro atoms. The molecule has 2 aromatic rings. The molecule has 0 aliphatic carbocycles.